The highest BCUT2D eigenvalue weighted by atomic mass is 16.4. The van der Waals surface area contributed by atoms with Crippen LogP contribution in [-0.2, 0) is 4.79 Å². The van der Waals surface area contributed by atoms with Gasteiger partial charge in [0.2, 0.25) is 0 Å². The lowest BCUT2D eigenvalue weighted by Gasteiger charge is -2.39. The van der Waals surface area contributed by atoms with Gasteiger partial charge in [-0.05, 0) is 32.9 Å². The van der Waals surface area contributed by atoms with Gasteiger partial charge in [-0.2, -0.15) is 0 Å². The third-order valence-corrected chi connectivity index (χ3v) is 4.03. The number of nitrogens with zero attached hydrogens (tertiary/aromatic N) is 3. The summed E-state index contributed by atoms with van der Waals surface area (Å²) in [5, 5.41) is 9.35. The van der Waals surface area contributed by atoms with Crippen LogP contribution in [0.15, 0.2) is 0 Å². The molecule has 2 unspecified atom stereocenters. The lowest BCUT2D eigenvalue weighted by molar-refractivity contribution is -0.144. The Bertz CT molecular complexity index is 347. The van der Waals surface area contributed by atoms with Crippen LogP contribution >= 0.6 is 0 Å². The van der Waals surface area contributed by atoms with Gasteiger partial charge in [0.15, 0.2) is 0 Å². The van der Waals surface area contributed by atoms with Crippen molar-refractivity contribution in [1.82, 2.24) is 14.7 Å². The molecular weight excluding hydrogens is 258 g/mol. The molecule has 1 rings (SSSR count). The maximum absolute atomic E-state index is 12.4. The second-order valence-corrected chi connectivity index (χ2v) is 5.85. The highest BCUT2D eigenvalue weighted by Crippen LogP contribution is 2.26. The predicted molar refractivity (Wildman–Crippen MR) is 77.7 cm³/mol. The normalized spacial score (nSPS) is 22.9. The molecule has 0 aliphatic carbocycles. The number of urea groups is 1. The number of likely N-dealkylation sites (N-methyl/N-ethyl adjacent to an activating group) is 2. The molecule has 0 bridgehead atoms. The number of likely N-dealkylation sites (tertiary alicyclic amines) is 1. The number of rotatable bonds is 5. The number of carboxylic acids is 1. The smallest absolute Gasteiger partial charge is 0.326 e. The maximum Gasteiger partial charge on any atom is 0.326 e. The van der Waals surface area contributed by atoms with Crippen LogP contribution in [0.2, 0.25) is 0 Å². The van der Waals surface area contributed by atoms with E-state index in [9.17, 15) is 14.7 Å². The number of amides is 2. The minimum absolute atomic E-state index is 0.172. The third kappa shape index (κ3) is 4.37. The summed E-state index contributed by atoms with van der Waals surface area (Å²) in [5.74, 6) is -0.482. The molecule has 1 aliphatic rings. The quantitative estimate of drug-likeness (QED) is 0.823. The standard InChI is InChI=1S/C14H27N3O3/c1-5-11-6-7-17(12(10-11)13(18)19)14(20)16(4)9-8-15(2)3/h11-12H,5-10H2,1-4H3,(H,18,19). The average molecular weight is 285 g/mol. The first-order chi connectivity index (χ1) is 9.36. The first kappa shape index (κ1) is 16.8. The van der Waals surface area contributed by atoms with E-state index in [0.717, 1.165) is 19.4 Å². The summed E-state index contributed by atoms with van der Waals surface area (Å²) in [6.45, 7) is 3.99. The van der Waals surface area contributed by atoms with Crippen molar-refractivity contribution in [3.63, 3.8) is 0 Å². The van der Waals surface area contributed by atoms with Crippen LogP contribution < -0.4 is 0 Å². The van der Waals surface area contributed by atoms with Crippen molar-refractivity contribution < 1.29 is 14.7 Å². The highest BCUT2D eigenvalue weighted by molar-refractivity contribution is 5.82. The number of carbonyl (C=O) groups excluding carboxylic acids is 1. The van der Waals surface area contributed by atoms with E-state index in [1.807, 2.05) is 19.0 Å². The fourth-order valence-electron chi connectivity index (χ4n) is 2.54. The summed E-state index contributed by atoms with van der Waals surface area (Å²) in [4.78, 5) is 28.9. The van der Waals surface area contributed by atoms with Gasteiger partial charge in [-0.1, -0.05) is 13.3 Å². The Kier molecular flexibility index (Phi) is 6.26. The molecule has 1 aliphatic heterocycles. The first-order valence-electron chi connectivity index (χ1n) is 7.26. The number of piperidine rings is 1. The van der Waals surface area contributed by atoms with Crippen molar-refractivity contribution in [3.05, 3.63) is 0 Å². The van der Waals surface area contributed by atoms with E-state index in [0.29, 0.717) is 25.4 Å². The van der Waals surface area contributed by atoms with Crippen molar-refractivity contribution in [2.45, 2.75) is 32.2 Å². The fraction of sp³-hybridized carbons (Fsp3) is 0.857. The summed E-state index contributed by atoms with van der Waals surface area (Å²) < 4.78 is 0. The second kappa shape index (κ2) is 7.47. The molecule has 1 fully saturated rings. The molecular formula is C14H27N3O3. The van der Waals surface area contributed by atoms with Crippen LogP contribution in [-0.4, -0.2) is 78.6 Å². The van der Waals surface area contributed by atoms with E-state index >= 15 is 0 Å². The second-order valence-electron chi connectivity index (χ2n) is 5.85. The molecule has 0 spiro atoms. The molecule has 20 heavy (non-hydrogen) atoms. The van der Waals surface area contributed by atoms with Gasteiger partial charge in [-0.3, -0.25) is 0 Å². The Hall–Kier alpha value is -1.30. The van der Waals surface area contributed by atoms with Gasteiger partial charge >= 0.3 is 12.0 Å². The van der Waals surface area contributed by atoms with E-state index in [1.54, 1.807) is 11.9 Å². The van der Waals surface area contributed by atoms with E-state index in [4.69, 9.17) is 0 Å². The summed E-state index contributed by atoms with van der Waals surface area (Å²) in [6, 6.07) is -0.850. The zero-order valence-electron chi connectivity index (χ0n) is 13.0. The van der Waals surface area contributed by atoms with Crippen LogP contribution in [0.1, 0.15) is 26.2 Å². The lowest BCUT2D eigenvalue weighted by atomic mass is 9.89. The van der Waals surface area contributed by atoms with Crippen molar-refractivity contribution in [2.75, 3.05) is 40.8 Å². The molecule has 0 aromatic heterocycles. The molecule has 1 saturated heterocycles. The van der Waals surface area contributed by atoms with Crippen molar-refractivity contribution in [1.29, 1.82) is 0 Å². The average Bonchev–Trinajstić information content (AvgIpc) is 2.43. The van der Waals surface area contributed by atoms with Crippen molar-refractivity contribution >= 4 is 12.0 Å². The molecule has 6 nitrogen and oxygen atoms in total. The van der Waals surface area contributed by atoms with Crippen molar-refractivity contribution in [3.8, 4) is 0 Å². The van der Waals surface area contributed by atoms with Crippen LogP contribution in [0.4, 0.5) is 4.79 Å². The Morgan fingerprint density at radius 3 is 2.40 bits per heavy atom. The summed E-state index contributed by atoms with van der Waals surface area (Å²) in [6.07, 6.45) is 2.44. The molecule has 116 valence electrons. The van der Waals surface area contributed by atoms with Crippen molar-refractivity contribution in [2.24, 2.45) is 5.92 Å². The summed E-state index contributed by atoms with van der Waals surface area (Å²) >= 11 is 0. The van der Waals surface area contributed by atoms with Gasteiger partial charge in [0, 0.05) is 26.7 Å². The first-order valence-corrected chi connectivity index (χ1v) is 7.26. The lowest BCUT2D eigenvalue weighted by Crippen LogP contribution is -2.54. The SMILES string of the molecule is CCC1CCN(C(=O)N(C)CCN(C)C)C(C(=O)O)C1. The minimum Gasteiger partial charge on any atom is -0.480 e. The third-order valence-electron chi connectivity index (χ3n) is 4.03. The molecule has 1 heterocycles. The van der Waals surface area contributed by atoms with Gasteiger partial charge in [-0.25, -0.2) is 9.59 Å². The number of aliphatic carboxylic acids is 1. The van der Waals surface area contributed by atoms with Crippen LogP contribution in [0.25, 0.3) is 0 Å². The number of carbonyl (C=O) groups is 2. The van der Waals surface area contributed by atoms with Gasteiger partial charge in [0.25, 0.3) is 0 Å². The Morgan fingerprint density at radius 2 is 1.90 bits per heavy atom. The predicted octanol–water partition coefficient (Wildman–Crippen LogP) is 1.17. The van der Waals surface area contributed by atoms with E-state index in [-0.39, 0.29) is 6.03 Å². The van der Waals surface area contributed by atoms with Gasteiger partial charge < -0.3 is 19.8 Å². The summed E-state index contributed by atoms with van der Waals surface area (Å²) in [5.41, 5.74) is 0. The van der Waals surface area contributed by atoms with E-state index < -0.39 is 12.0 Å². The van der Waals surface area contributed by atoms with Crippen LogP contribution in [0.5, 0.6) is 0 Å². The Balaban J connectivity index is 2.67. The zero-order valence-corrected chi connectivity index (χ0v) is 13.0. The van der Waals surface area contributed by atoms with Gasteiger partial charge in [0.1, 0.15) is 6.04 Å². The molecule has 6 heteroatoms. The van der Waals surface area contributed by atoms with E-state index in [1.165, 1.54) is 4.90 Å². The molecule has 2 amide bonds. The fourth-order valence-corrected chi connectivity index (χ4v) is 2.54. The molecule has 0 aromatic carbocycles. The highest BCUT2D eigenvalue weighted by Gasteiger charge is 2.36. The largest absolute Gasteiger partial charge is 0.480 e. The van der Waals surface area contributed by atoms with Crippen LogP contribution in [0.3, 0.4) is 0 Å². The number of hydrogen-bond acceptors (Lipinski definition) is 3. The topological polar surface area (TPSA) is 64.1 Å². The Morgan fingerprint density at radius 1 is 1.25 bits per heavy atom. The zero-order chi connectivity index (χ0) is 15.3. The number of carboxylic acid groups (broad SMARTS) is 1. The molecule has 0 radical (unpaired) electrons. The maximum atomic E-state index is 12.4. The molecule has 1 N–H and O–H groups in total. The Labute approximate surface area is 121 Å². The molecule has 0 aromatic rings. The molecule has 2 atom stereocenters. The van der Waals surface area contributed by atoms with Gasteiger partial charge in [0.05, 0.1) is 0 Å². The minimum atomic E-state index is -0.891. The number of hydrogen-bond donors (Lipinski definition) is 1. The summed E-state index contributed by atoms with van der Waals surface area (Å²) in [7, 11) is 5.63. The molecule has 0 saturated carbocycles. The monoisotopic (exact) mass is 285 g/mol. The van der Waals surface area contributed by atoms with E-state index in [2.05, 4.69) is 6.92 Å². The van der Waals surface area contributed by atoms with Gasteiger partial charge in [-0.15, -0.1) is 0 Å². The van der Waals surface area contributed by atoms with Crippen LogP contribution in [0, 0.1) is 5.92 Å².